The van der Waals surface area contributed by atoms with Gasteiger partial charge in [0.1, 0.15) is 0 Å². The number of carbonyl (C=O) groups excluding carboxylic acids is 1. The number of amides is 1. The van der Waals surface area contributed by atoms with E-state index in [1.54, 1.807) is 0 Å². The second-order valence-corrected chi connectivity index (χ2v) is 8.59. The highest BCUT2D eigenvalue weighted by Gasteiger charge is 2.32. The number of hydrogen-bond acceptors (Lipinski definition) is 4. The minimum Gasteiger partial charge on any atom is -0.389 e. The summed E-state index contributed by atoms with van der Waals surface area (Å²) >= 11 is 0. The Kier molecular flexibility index (Phi) is 6.70. The molecule has 1 aliphatic heterocycles. The van der Waals surface area contributed by atoms with Gasteiger partial charge in [0.15, 0.2) is 0 Å². The summed E-state index contributed by atoms with van der Waals surface area (Å²) in [6.07, 6.45) is 5.98. The van der Waals surface area contributed by atoms with Gasteiger partial charge in [-0.25, -0.2) is 0 Å². The number of benzene rings is 2. The third-order valence-electron chi connectivity index (χ3n) is 6.51. The molecule has 5 nitrogen and oxygen atoms in total. The second kappa shape index (κ2) is 9.63. The van der Waals surface area contributed by atoms with Crippen LogP contribution in [0.3, 0.4) is 0 Å². The van der Waals surface area contributed by atoms with E-state index < -0.39 is 6.10 Å². The predicted molar refractivity (Wildman–Crippen MR) is 122 cm³/mol. The molecule has 0 aromatic heterocycles. The monoisotopic (exact) mass is 407 g/mol. The minimum absolute atomic E-state index is 0.109. The van der Waals surface area contributed by atoms with Crippen LogP contribution in [0.5, 0.6) is 0 Å². The fourth-order valence-electron chi connectivity index (χ4n) is 4.98. The number of nitrogens with zero attached hydrogens (tertiary/aromatic N) is 1. The molecule has 160 valence electrons. The summed E-state index contributed by atoms with van der Waals surface area (Å²) in [5.74, 6) is 0.318. The molecule has 4 rings (SSSR count). The summed E-state index contributed by atoms with van der Waals surface area (Å²) in [7, 11) is 1.87. The van der Waals surface area contributed by atoms with Gasteiger partial charge in [-0.05, 0) is 55.6 Å². The highest BCUT2D eigenvalue weighted by Crippen LogP contribution is 2.38. The zero-order valence-corrected chi connectivity index (χ0v) is 17.8. The molecule has 3 N–H and O–H groups in total. The maximum Gasteiger partial charge on any atom is 0.227 e. The van der Waals surface area contributed by atoms with Crippen LogP contribution >= 0.6 is 0 Å². The van der Waals surface area contributed by atoms with Crippen molar-refractivity contribution in [1.29, 1.82) is 0 Å². The lowest BCUT2D eigenvalue weighted by molar-refractivity contribution is -0.120. The number of aliphatic hydroxyl groups is 1. The number of nitrogens with one attached hydrogen (secondary N) is 2. The molecule has 1 heterocycles. The third-order valence-corrected chi connectivity index (χ3v) is 6.51. The smallest absolute Gasteiger partial charge is 0.227 e. The summed E-state index contributed by atoms with van der Waals surface area (Å²) in [5, 5.41) is 17.2. The fraction of sp³-hybridized carbons (Fsp3) is 0.480. The quantitative estimate of drug-likeness (QED) is 0.652. The number of rotatable bonds is 7. The summed E-state index contributed by atoms with van der Waals surface area (Å²) in [6.45, 7) is 1.39. The summed E-state index contributed by atoms with van der Waals surface area (Å²) < 4.78 is 0. The molecule has 2 aromatic rings. The van der Waals surface area contributed by atoms with E-state index in [1.165, 1.54) is 12.0 Å². The third kappa shape index (κ3) is 4.52. The van der Waals surface area contributed by atoms with Crippen LogP contribution in [0.4, 0.5) is 11.4 Å². The van der Waals surface area contributed by atoms with Crippen LogP contribution in [0.25, 0.3) is 0 Å². The largest absolute Gasteiger partial charge is 0.389 e. The summed E-state index contributed by atoms with van der Waals surface area (Å²) in [5.41, 5.74) is 4.38. The minimum atomic E-state index is -0.519. The Balaban J connectivity index is 1.53. The van der Waals surface area contributed by atoms with Crippen LogP contribution in [0, 0.1) is 5.92 Å². The van der Waals surface area contributed by atoms with Crippen molar-refractivity contribution in [2.45, 2.75) is 50.7 Å². The van der Waals surface area contributed by atoms with E-state index in [4.69, 9.17) is 0 Å². The van der Waals surface area contributed by atoms with Gasteiger partial charge in [-0.1, -0.05) is 49.6 Å². The van der Waals surface area contributed by atoms with Crippen molar-refractivity contribution in [2.75, 3.05) is 30.4 Å². The van der Waals surface area contributed by atoms with E-state index >= 15 is 0 Å². The highest BCUT2D eigenvalue weighted by molar-refractivity contribution is 5.93. The van der Waals surface area contributed by atoms with Crippen LogP contribution in [0.2, 0.25) is 0 Å². The fourth-order valence-corrected chi connectivity index (χ4v) is 4.98. The van der Waals surface area contributed by atoms with Crippen molar-refractivity contribution < 1.29 is 9.90 Å². The van der Waals surface area contributed by atoms with Gasteiger partial charge in [-0.15, -0.1) is 0 Å². The lowest BCUT2D eigenvalue weighted by Gasteiger charge is -2.34. The Labute approximate surface area is 179 Å². The van der Waals surface area contributed by atoms with Gasteiger partial charge in [-0.2, -0.15) is 0 Å². The molecule has 1 saturated carbocycles. The van der Waals surface area contributed by atoms with Gasteiger partial charge in [-0.3, -0.25) is 4.79 Å². The van der Waals surface area contributed by atoms with Crippen LogP contribution in [-0.4, -0.2) is 37.3 Å². The molecule has 0 spiro atoms. The number of carbonyl (C=O) groups is 1. The molecule has 0 unspecified atom stereocenters. The average Bonchev–Trinajstić information content (AvgIpc) is 3.18. The molecular weight excluding hydrogens is 374 g/mol. The van der Waals surface area contributed by atoms with Gasteiger partial charge in [0.25, 0.3) is 0 Å². The van der Waals surface area contributed by atoms with Crippen molar-refractivity contribution in [3.05, 3.63) is 59.7 Å². The van der Waals surface area contributed by atoms with Crippen molar-refractivity contribution in [3.63, 3.8) is 0 Å². The molecule has 2 aromatic carbocycles. The van der Waals surface area contributed by atoms with E-state index in [1.807, 2.05) is 31.3 Å². The topological polar surface area (TPSA) is 64.6 Å². The number of anilines is 2. The Morgan fingerprint density at radius 1 is 1.13 bits per heavy atom. The van der Waals surface area contributed by atoms with Crippen molar-refractivity contribution in [3.8, 4) is 0 Å². The number of hydrogen-bond donors (Lipinski definition) is 3. The first-order valence-electron chi connectivity index (χ1n) is 11.3. The van der Waals surface area contributed by atoms with Gasteiger partial charge in [0, 0.05) is 30.4 Å². The van der Waals surface area contributed by atoms with Crippen molar-refractivity contribution in [2.24, 2.45) is 5.92 Å². The van der Waals surface area contributed by atoms with E-state index in [2.05, 4.69) is 39.8 Å². The van der Waals surface area contributed by atoms with Gasteiger partial charge < -0.3 is 20.6 Å². The molecule has 1 aliphatic carbocycles. The average molecular weight is 408 g/mol. The normalized spacial score (nSPS) is 18.7. The van der Waals surface area contributed by atoms with Crippen LogP contribution in [0.1, 0.15) is 49.3 Å². The van der Waals surface area contributed by atoms with Crippen LogP contribution < -0.4 is 15.5 Å². The van der Waals surface area contributed by atoms with Gasteiger partial charge in [0.05, 0.1) is 12.1 Å². The molecule has 5 heteroatoms. The van der Waals surface area contributed by atoms with E-state index in [9.17, 15) is 9.90 Å². The molecule has 0 radical (unpaired) electrons. The maximum absolute atomic E-state index is 12.6. The van der Waals surface area contributed by atoms with E-state index in [0.29, 0.717) is 6.54 Å². The molecule has 2 aliphatic rings. The zero-order valence-electron chi connectivity index (χ0n) is 17.8. The molecule has 1 fully saturated rings. The molecule has 30 heavy (non-hydrogen) atoms. The number of likely N-dealkylation sites (N-methyl/N-ethyl adjacent to an activating group) is 1. The Morgan fingerprint density at radius 2 is 1.90 bits per heavy atom. The van der Waals surface area contributed by atoms with E-state index in [0.717, 1.165) is 55.6 Å². The zero-order chi connectivity index (χ0) is 20.9. The highest BCUT2D eigenvalue weighted by atomic mass is 16.3. The summed E-state index contributed by atoms with van der Waals surface area (Å²) in [4.78, 5) is 14.9. The lowest BCUT2D eigenvalue weighted by Crippen LogP contribution is -2.40. The predicted octanol–water partition coefficient (Wildman–Crippen LogP) is 3.89. The van der Waals surface area contributed by atoms with Crippen molar-refractivity contribution in [1.82, 2.24) is 5.32 Å². The molecule has 2 atom stereocenters. The number of aliphatic hydroxyl groups excluding tert-OH is 1. The Morgan fingerprint density at radius 3 is 2.63 bits per heavy atom. The molecular formula is C25H33N3O2. The summed E-state index contributed by atoms with van der Waals surface area (Å²) in [6, 6.07) is 16.3. The SMILES string of the molecule is CNC[C@H](O)[C@H](c1ccccc1)N1CCc2cc(NC(=O)C3CCCCC3)ccc21. The second-order valence-electron chi connectivity index (χ2n) is 8.59. The Hall–Kier alpha value is -2.37. The molecule has 1 amide bonds. The van der Waals surface area contributed by atoms with Gasteiger partial charge in [0.2, 0.25) is 5.91 Å². The van der Waals surface area contributed by atoms with E-state index in [-0.39, 0.29) is 17.9 Å². The van der Waals surface area contributed by atoms with Crippen molar-refractivity contribution >= 4 is 17.3 Å². The Bertz CT molecular complexity index is 849. The molecule has 0 saturated heterocycles. The lowest BCUT2D eigenvalue weighted by atomic mass is 9.88. The molecule has 0 bridgehead atoms. The van der Waals surface area contributed by atoms with Crippen LogP contribution in [0.15, 0.2) is 48.5 Å². The first kappa shape index (κ1) is 20.9. The standard InChI is InChI=1S/C25H33N3O2/c1-26-17-23(29)24(18-8-4-2-5-9-18)28-15-14-20-16-21(12-13-22(20)28)27-25(30)19-10-6-3-7-11-19/h2,4-5,8-9,12-13,16,19,23-24,26,29H,3,6-7,10-11,14-15,17H2,1H3,(H,27,30)/t23-,24-/m0/s1. The van der Waals surface area contributed by atoms with Gasteiger partial charge >= 0.3 is 0 Å². The first-order valence-corrected chi connectivity index (χ1v) is 11.3. The first-order chi connectivity index (χ1) is 14.7. The maximum atomic E-state index is 12.6. The number of fused-ring (bicyclic) bond motifs is 1. The van der Waals surface area contributed by atoms with Crippen LogP contribution in [-0.2, 0) is 11.2 Å².